The van der Waals surface area contributed by atoms with Crippen LogP contribution < -0.4 is 10.5 Å². The lowest BCUT2D eigenvalue weighted by atomic mass is 10.3. The summed E-state index contributed by atoms with van der Waals surface area (Å²) in [6, 6.07) is 6.90. The van der Waals surface area contributed by atoms with Crippen LogP contribution in [0.5, 0.6) is 0 Å². The maximum Gasteiger partial charge on any atom is 0.270 e. The smallest absolute Gasteiger partial charge is 0.270 e. The minimum absolute atomic E-state index is 0.0331. The molecule has 106 valence electrons. The fraction of sp³-hybridized carbons (Fsp3) is 0.0909. The van der Waals surface area contributed by atoms with Gasteiger partial charge in [-0.1, -0.05) is 6.07 Å². The standard InChI is InChI=1S/C11H11N3O4S2/c12-10-4-3-8(14(15)16)6-11(10)20(17,18)13-7-9-2-1-5-19-9/h1-6,13H,7,12H2. The number of nitrogens with one attached hydrogen (secondary N) is 1. The van der Waals surface area contributed by atoms with Crippen LogP contribution in [0.3, 0.4) is 0 Å². The van der Waals surface area contributed by atoms with Gasteiger partial charge in [-0.25, -0.2) is 13.1 Å². The van der Waals surface area contributed by atoms with Gasteiger partial charge in [-0.3, -0.25) is 10.1 Å². The number of nitrogens with two attached hydrogens (primary N) is 1. The lowest BCUT2D eigenvalue weighted by Gasteiger charge is -2.08. The van der Waals surface area contributed by atoms with Gasteiger partial charge >= 0.3 is 0 Å². The highest BCUT2D eigenvalue weighted by molar-refractivity contribution is 7.89. The molecule has 20 heavy (non-hydrogen) atoms. The van der Waals surface area contributed by atoms with Crippen LogP contribution in [-0.4, -0.2) is 13.3 Å². The topological polar surface area (TPSA) is 115 Å². The van der Waals surface area contributed by atoms with E-state index in [1.54, 1.807) is 12.1 Å². The number of benzene rings is 1. The Labute approximate surface area is 119 Å². The van der Waals surface area contributed by atoms with E-state index in [0.29, 0.717) is 0 Å². The average Bonchev–Trinajstić information content (AvgIpc) is 2.89. The highest BCUT2D eigenvalue weighted by atomic mass is 32.2. The van der Waals surface area contributed by atoms with E-state index in [1.807, 2.05) is 5.38 Å². The first-order chi connectivity index (χ1) is 9.40. The first-order valence-electron chi connectivity index (χ1n) is 5.46. The van der Waals surface area contributed by atoms with E-state index in [9.17, 15) is 18.5 Å². The van der Waals surface area contributed by atoms with Crippen LogP contribution >= 0.6 is 11.3 Å². The monoisotopic (exact) mass is 313 g/mol. The Balaban J connectivity index is 2.28. The first kappa shape index (κ1) is 14.4. The summed E-state index contributed by atoms with van der Waals surface area (Å²) in [5.41, 5.74) is 5.23. The third kappa shape index (κ3) is 3.13. The molecule has 0 amide bonds. The third-order valence-corrected chi connectivity index (χ3v) is 4.85. The average molecular weight is 313 g/mol. The van der Waals surface area contributed by atoms with E-state index in [2.05, 4.69) is 4.72 Å². The van der Waals surface area contributed by atoms with Gasteiger partial charge in [0.25, 0.3) is 5.69 Å². The highest BCUT2D eigenvalue weighted by Crippen LogP contribution is 2.24. The third-order valence-electron chi connectivity index (χ3n) is 2.51. The number of hydrogen-bond acceptors (Lipinski definition) is 6. The maximum absolute atomic E-state index is 12.1. The van der Waals surface area contributed by atoms with Crippen molar-refractivity contribution in [1.82, 2.24) is 4.72 Å². The van der Waals surface area contributed by atoms with Crippen molar-refractivity contribution in [2.45, 2.75) is 11.4 Å². The van der Waals surface area contributed by atoms with Gasteiger partial charge in [0, 0.05) is 23.6 Å². The van der Waals surface area contributed by atoms with Gasteiger partial charge in [0.1, 0.15) is 4.90 Å². The van der Waals surface area contributed by atoms with E-state index < -0.39 is 14.9 Å². The van der Waals surface area contributed by atoms with Crippen molar-refractivity contribution in [2.75, 3.05) is 5.73 Å². The van der Waals surface area contributed by atoms with Gasteiger partial charge in [0.05, 0.1) is 10.6 Å². The fourth-order valence-electron chi connectivity index (χ4n) is 1.53. The van der Waals surface area contributed by atoms with Crippen molar-refractivity contribution in [3.8, 4) is 0 Å². The zero-order valence-corrected chi connectivity index (χ0v) is 11.8. The Morgan fingerprint density at radius 1 is 1.35 bits per heavy atom. The molecular formula is C11H11N3O4S2. The van der Waals surface area contributed by atoms with Crippen molar-refractivity contribution in [3.63, 3.8) is 0 Å². The molecule has 0 saturated heterocycles. The van der Waals surface area contributed by atoms with Gasteiger partial charge in [-0.15, -0.1) is 11.3 Å². The second kappa shape index (κ2) is 5.57. The van der Waals surface area contributed by atoms with Crippen molar-refractivity contribution in [3.05, 3.63) is 50.7 Å². The van der Waals surface area contributed by atoms with Gasteiger partial charge in [-0.05, 0) is 17.5 Å². The molecule has 0 unspecified atom stereocenters. The fourth-order valence-corrected chi connectivity index (χ4v) is 3.42. The summed E-state index contributed by atoms with van der Waals surface area (Å²) in [6.45, 7) is 0.113. The summed E-state index contributed by atoms with van der Waals surface area (Å²) < 4.78 is 26.6. The molecule has 2 rings (SSSR count). The Morgan fingerprint density at radius 3 is 2.70 bits per heavy atom. The molecule has 1 heterocycles. The largest absolute Gasteiger partial charge is 0.398 e. The van der Waals surface area contributed by atoms with Crippen LogP contribution in [0.4, 0.5) is 11.4 Å². The molecule has 0 fully saturated rings. The van der Waals surface area contributed by atoms with Crippen LogP contribution in [0, 0.1) is 10.1 Å². The van der Waals surface area contributed by atoms with Crippen LogP contribution in [0.2, 0.25) is 0 Å². The molecule has 2 aromatic rings. The second-order valence-electron chi connectivity index (χ2n) is 3.88. The van der Waals surface area contributed by atoms with Gasteiger partial charge in [0.2, 0.25) is 10.0 Å². The zero-order valence-electron chi connectivity index (χ0n) is 10.1. The number of non-ortho nitro benzene ring substituents is 1. The molecule has 0 aliphatic carbocycles. The molecule has 1 aromatic carbocycles. The SMILES string of the molecule is Nc1ccc([N+](=O)[O-])cc1S(=O)(=O)NCc1cccs1. The molecule has 3 N–H and O–H groups in total. The Kier molecular flexibility index (Phi) is 4.02. The number of thiophene rings is 1. The molecule has 1 aromatic heterocycles. The predicted octanol–water partition coefficient (Wildman–Crippen LogP) is 1.72. The highest BCUT2D eigenvalue weighted by Gasteiger charge is 2.21. The summed E-state index contributed by atoms with van der Waals surface area (Å²) in [5, 5.41) is 12.5. The van der Waals surface area contributed by atoms with Gasteiger partial charge < -0.3 is 5.73 Å². The summed E-state index contributed by atoms with van der Waals surface area (Å²) in [4.78, 5) is 10.6. The Hall–Kier alpha value is -1.97. The first-order valence-corrected chi connectivity index (χ1v) is 7.82. The molecule has 7 nitrogen and oxygen atoms in total. The van der Waals surface area contributed by atoms with Crippen LogP contribution in [0.1, 0.15) is 4.88 Å². The van der Waals surface area contributed by atoms with Gasteiger partial charge in [0.15, 0.2) is 0 Å². The zero-order chi connectivity index (χ0) is 14.8. The maximum atomic E-state index is 12.1. The number of nitro benzene ring substituents is 1. The lowest BCUT2D eigenvalue weighted by Crippen LogP contribution is -2.23. The molecule has 9 heteroatoms. The van der Waals surface area contributed by atoms with Crippen LogP contribution in [-0.2, 0) is 16.6 Å². The van der Waals surface area contributed by atoms with Crippen LogP contribution in [0.15, 0.2) is 40.6 Å². The van der Waals surface area contributed by atoms with Crippen molar-refractivity contribution >= 4 is 32.7 Å². The second-order valence-corrected chi connectivity index (χ2v) is 6.65. The number of rotatable bonds is 5. The summed E-state index contributed by atoms with van der Waals surface area (Å²) >= 11 is 1.40. The number of nitrogen functional groups attached to an aromatic ring is 1. The van der Waals surface area contributed by atoms with Crippen molar-refractivity contribution in [1.29, 1.82) is 0 Å². The Morgan fingerprint density at radius 2 is 2.10 bits per heavy atom. The van der Waals surface area contributed by atoms with Gasteiger partial charge in [-0.2, -0.15) is 0 Å². The number of nitrogens with zero attached hydrogens (tertiary/aromatic N) is 1. The molecule has 0 radical (unpaired) electrons. The van der Waals surface area contributed by atoms with E-state index in [0.717, 1.165) is 17.0 Å². The number of hydrogen-bond donors (Lipinski definition) is 2. The minimum atomic E-state index is -3.90. The summed E-state index contributed by atoms with van der Waals surface area (Å²) in [5.74, 6) is 0. The number of sulfonamides is 1. The van der Waals surface area contributed by atoms with E-state index in [-0.39, 0.29) is 22.8 Å². The van der Waals surface area contributed by atoms with E-state index in [4.69, 9.17) is 5.73 Å². The van der Waals surface area contributed by atoms with E-state index >= 15 is 0 Å². The molecule has 0 spiro atoms. The summed E-state index contributed by atoms with van der Waals surface area (Å²) in [7, 11) is -3.90. The minimum Gasteiger partial charge on any atom is -0.398 e. The van der Waals surface area contributed by atoms with E-state index in [1.165, 1.54) is 17.4 Å². The Bertz CT molecular complexity index is 726. The number of anilines is 1. The molecule has 0 saturated carbocycles. The van der Waals surface area contributed by atoms with Crippen molar-refractivity contribution in [2.24, 2.45) is 0 Å². The quantitative estimate of drug-likeness (QED) is 0.495. The molecular weight excluding hydrogens is 302 g/mol. The van der Waals surface area contributed by atoms with Crippen LogP contribution in [0.25, 0.3) is 0 Å². The van der Waals surface area contributed by atoms with Crippen molar-refractivity contribution < 1.29 is 13.3 Å². The predicted molar refractivity (Wildman–Crippen MR) is 75.9 cm³/mol. The molecule has 0 aliphatic rings. The molecule has 0 bridgehead atoms. The number of nitro groups is 1. The molecule has 0 atom stereocenters. The normalized spacial score (nSPS) is 11.4. The molecule has 0 aliphatic heterocycles. The lowest BCUT2D eigenvalue weighted by molar-refractivity contribution is -0.385. The summed E-state index contributed by atoms with van der Waals surface area (Å²) in [6.07, 6.45) is 0.